The van der Waals surface area contributed by atoms with Crippen molar-refractivity contribution in [1.29, 1.82) is 0 Å². The molecule has 5 rings (SSSR count). The van der Waals surface area contributed by atoms with Gasteiger partial charge in [0.1, 0.15) is 4.90 Å². The minimum Gasteiger partial charge on any atom is -0.493 e. The van der Waals surface area contributed by atoms with Crippen molar-refractivity contribution < 1.29 is 22.7 Å². The molecule has 2 aliphatic rings. The molecule has 1 aromatic heterocycles. The number of fused-ring (bicyclic) bond motifs is 1. The summed E-state index contributed by atoms with van der Waals surface area (Å²) in [5.74, 6) is 0.867. The number of thiophene rings is 1. The minimum absolute atomic E-state index is 0.144. The Kier molecular flexibility index (Phi) is 6.12. The zero-order valence-corrected chi connectivity index (χ0v) is 20.8. The summed E-state index contributed by atoms with van der Waals surface area (Å²) in [6, 6.07) is 12.5. The molecule has 1 N–H and O–H groups in total. The SMILES string of the molecule is COc1ccc([C@@H]2CC(=O)Nc3c(S(=O)(=O)c4ccc(C)cc4)csc32)cc1OC1CCCC1. The van der Waals surface area contributed by atoms with Crippen LogP contribution in [0.4, 0.5) is 5.69 Å². The summed E-state index contributed by atoms with van der Waals surface area (Å²) in [6.07, 6.45) is 4.77. The molecule has 8 heteroatoms. The number of carbonyl (C=O) groups is 1. The lowest BCUT2D eigenvalue weighted by Gasteiger charge is -2.25. The Hall–Kier alpha value is -2.84. The van der Waals surface area contributed by atoms with Crippen molar-refractivity contribution in [2.24, 2.45) is 0 Å². The maximum absolute atomic E-state index is 13.4. The fourth-order valence-corrected chi connectivity index (χ4v) is 7.61. The van der Waals surface area contributed by atoms with Crippen molar-refractivity contribution in [3.63, 3.8) is 0 Å². The zero-order chi connectivity index (χ0) is 23.9. The fraction of sp³-hybridized carbons (Fsp3) is 0.346. The number of ether oxygens (including phenoxy) is 2. The first-order chi connectivity index (χ1) is 16.4. The summed E-state index contributed by atoms with van der Waals surface area (Å²) in [7, 11) is -2.15. The molecule has 0 bridgehead atoms. The average molecular weight is 498 g/mol. The van der Waals surface area contributed by atoms with E-state index in [0.29, 0.717) is 17.2 Å². The highest BCUT2D eigenvalue weighted by molar-refractivity contribution is 7.91. The second kappa shape index (κ2) is 9.07. The predicted octanol–water partition coefficient (Wildman–Crippen LogP) is 5.69. The Morgan fingerprint density at radius 3 is 2.47 bits per heavy atom. The number of benzene rings is 2. The number of carbonyl (C=O) groups excluding carboxylic acids is 1. The molecule has 1 amide bonds. The molecule has 6 nitrogen and oxygen atoms in total. The highest BCUT2D eigenvalue weighted by atomic mass is 32.2. The van der Waals surface area contributed by atoms with Crippen molar-refractivity contribution in [1.82, 2.24) is 0 Å². The first kappa shape index (κ1) is 22.9. The van der Waals surface area contributed by atoms with E-state index >= 15 is 0 Å². The standard InChI is InChI=1S/C26H27NO5S2/c1-16-7-10-19(11-8-16)34(29,30)23-15-33-26-20(14-24(28)27-25(23)26)17-9-12-21(31-2)22(13-17)32-18-5-3-4-6-18/h7-13,15,18,20H,3-6,14H2,1-2H3,(H,27,28)/t20-/m0/s1. The van der Waals surface area contributed by atoms with Crippen molar-refractivity contribution >= 4 is 32.8 Å². The summed E-state index contributed by atoms with van der Waals surface area (Å²) < 4.78 is 38.5. The van der Waals surface area contributed by atoms with Crippen LogP contribution in [0.1, 0.15) is 54.0 Å². The second-order valence-electron chi connectivity index (χ2n) is 8.90. The van der Waals surface area contributed by atoms with Crippen LogP contribution in [0.5, 0.6) is 11.5 Å². The van der Waals surface area contributed by atoms with Crippen LogP contribution in [0.3, 0.4) is 0 Å². The van der Waals surface area contributed by atoms with Crippen LogP contribution in [0.15, 0.2) is 57.6 Å². The van der Waals surface area contributed by atoms with Gasteiger partial charge in [-0.2, -0.15) is 0 Å². The van der Waals surface area contributed by atoms with Gasteiger partial charge in [-0.05, 0) is 62.4 Å². The lowest BCUT2D eigenvalue weighted by atomic mass is 9.90. The van der Waals surface area contributed by atoms with Crippen LogP contribution >= 0.6 is 11.3 Å². The summed E-state index contributed by atoms with van der Waals surface area (Å²) in [5.41, 5.74) is 2.28. The third-order valence-electron chi connectivity index (χ3n) is 6.56. The Labute approximate surface area is 203 Å². The molecule has 2 aromatic carbocycles. The summed E-state index contributed by atoms with van der Waals surface area (Å²) in [5, 5.41) is 4.46. The highest BCUT2D eigenvalue weighted by Crippen LogP contribution is 2.47. The van der Waals surface area contributed by atoms with Gasteiger partial charge in [-0.3, -0.25) is 4.79 Å². The molecule has 1 fully saturated rings. The van der Waals surface area contributed by atoms with Crippen LogP contribution < -0.4 is 14.8 Å². The number of methoxy groups -OCH3 is 1. The molecule has 0 saturated heterocycles. The van der Waals surface area contributed by atoms with Gasteiger partial charge in [-0.25, -0.2) is 8.42 Å². The number of hydrogen-bond donors (Lipinski definition) is 1. The number of aryl methyl sites for hydroxylation is 1. The van der Waals surface area contributed by atoms with Gasteiger partial charge in [0.2, 0.25) is 15.7 Å². The van der Waals surface area contributed by atoms with Gasteiger partial charge >= 0.3 is 0 Å². The molecule has 0 radical (unpaired) electrons. The number of nitrogens with one attached hydrogen (secondary N) is 1. The molecule has 3 aromatic rings. The molecule has 0 spiro atoms. The lowest BCUT2D eigenvalue weighted by molar-refractivity contribution is -0.116. The third kappa shape index (κ3) is 4.20. The number of rotatable bonds is 6. The van der Waals surface area contributed by atoms with Gasteiger partial charge in [-0.1, -0.05) is 23.8 Å². The van der Waals surface area contributed by atoms with E-state index in [1.807, 2.05) is 25.1 Å². The quantitative estimate of drug-likeness (QED) is 0.473. The van der Waals surface area contributed by atoms with Crippen molar-refractivity contribution in [2.75, 3.05) is 12.4 Å². The van der Waals surface area contributed by atoms with Gasteiger partial charge in [0.25, 0.3) is 0 Å². The Bertz CT molecular complexity index is 1320. The Balaban J connectivity index is 1.53. The van der Waals surface area contributed by atoms with Gasteiger partial charge in [0.05, 0.1) is 23.8 Å². The van der Waals surface area contributed by atoms with E-state index < -0.39 is 9.84 Å². The van der Waals surface area contributed by atoms with Gasteiger partial charge in [0.15, 0.2) is 11.5 Å². The molecule has 178 valence electrons. The number of anilines is 1. The van der Waals surface area contributed by atoms with Crippen LogP contribution in [0.2, 0.25) is 0 Å². The number of amides is 1. The van der Waals surface area contributed by atoms with E-state index in [4.69, 9.17) is 9.47 Å². The van der Waals surface area contributed by atoms with Crippen LogP contribution in [0.25, 0.3) is 0 Å². The molecule has 0 unspecified atom stereocenters. The summed E-state index contributed by atoms with van der Waals surface area (Å²) in [6.45, 7) is 1.91. The molecule has 1 atom stereocenters. The zero-order valence-electron chi connectivity index (χ0n) is 19.2. The molecular weight excluding hydrogens is 470 g/mol. The molecule has 2 heterocycles. The monoisotopic (exact) mass is 497 g/mol. The molecule has 1 aliphatic heterocycles. The molecule has 34 heavy (non-hydrogen) atoms. The maximum Gasteiger partial charge on any atom is 0.225 e. The normalized spacial score (nSPS) is 18.4. The molecular formula is C26H27NO5S2. The lowest BCUT2D eigenvalue weighted by Crippen LogP contribution is -2.23. The maximum atomic E-state index is 13.4. The molecule has 1 aliphatic carbocycles. The van der Waals surface area contributed by atoms with Crippen molar-refractivity contribution in [3.05, 3.63) is 63.8 Å². The average Bonchev–Trinajstić information content (AvgIpc) is 3.49. The van der Waals surface area contributed by atoms with Crippen LogP contribution in [-0.2, 0) is 14.6 Å². The topological polar surface area (TPSA) is 81.7 Å². The van der Waals surface area contributed by atoms with Crippen molar-refractivity contribution in [2.45, 2.75) is 60.8 Å². The van der Waals surface area contributed by atoms with Gasteiger partial charge < -0.3 is 14.8 Å². The van der Waals surface area contributed by atoms with Crippen LogP contribution in [0, 0.1) is 6.92 Å². The van der Waals surface area contributed by atoms with Crippen molar-refractivity contribution in [3.8, 4) is 11.5 Å². The minimum atomic E-state index is -3.77. The largest absolute Gasteiger partial charge is 0.493 e. The van der Waals surface area contributed by atoms with Crippen LogP contribution in [-0.4, -0.2) is 27.5 Å². The smallest absolute Gasteiger partial charge is 0.225 e. The number of hydrogen-bond acceptors (Lipinski definition) is 6. The van der Waals surface area contributed by atoms with E-state index in [-0.39, 0.29) is 34.1 Å². The number of sulfone groups is 1. The summed E-state index contributed by atoms with van der Waals surface area (Å²) in [4.78, 5) is 13.9. The second-order valence-corrected chi connectivity index (χ2v) is 11.7. The van der Waals surface area contributed by atoms with E-state index in [2.05, 4.69) is 5.32 Å². The third-order valence-corrected chi connectivity index (χ3v) is 9.60. The van der Waals surface area contributed by atoms with E-state index in [0.717, 1.165) is 41.7 Å². The molecule has 1 saturated carbocycles. The van der Waals surface area contributed by atoms with E-state index in [9.17, 15) is 13.2 Å². The fourth-order valence-electron chi connectivity index (χ4n) is 4.70. The first-order valence-corrected chi connectivity index (χ1v) is 13.8. The Morgan fingerprint density at radius 2 is 1.76 bits per heavy atom. The highest BCUT2D eigenvalue weighted by Gasteiger charge is 2.35. The Morgan fingerprint density at radius 1 is 1.03 bits per heavy atom. The predicted molar refractivity (Wildman–Crippen MR) is 132 cm³/mol. The van der Waals surface area contributed by atoms with Gasteiger partial charge in [0, 0.05) is 22.6 Å². The summed E-state index contributed by atoms with van der Waals surface area (Å²) >= 11 is 1.36. The van der Waals surface area contributed by atoms with E-state index in [1.165, 1.54) is 11.3 Å². The van der Waals surface area contributed by atoms with Gasteiger partial charge in [-0.15, -0.1) is 11.3 Å². The first-order valence-electron chi connectivity index (χ1n) is 11.4. The van der Waals surface area contributed by atoms with E-state index in [1.54, 1.807) is 36.8 Å².